The van der Waals surface area contributed by atoms with Crippen LogP contribution in [0.1, 0.15) is 24.2 Å². The van der Waals surface area contributed by atoms with Crippen LogP contribution in [0.25, 0.3) is 0 Å². The lowest BCUT2D eigenvalue weighted by Crippen LogP contribution is -2.03. The summed E-state index contributed by atoms with van der Waals surface area (Å²) in [6.07, 6.45) is 2.63. The molecule has 1 heterocycles. The number of anilines is 1. The van der Waals surface area contributed by atoms with Gasteiger partial charge in [-0.3, -0.25) is 4.68 Å². The van der Waals surface area contributed by atoms with Gasteiger partial charge in [0.2, 0.25) is 0 Å². The van der Waals surface area contributed by atoms with Crippen molar-refractivity contribution in [3.8, 4) is 0 Å². The lowest BCUT2D eigenvalue weighted by Gasteiger charge is -2.03. The van der Waals surface area contributed by atoms with Crippen LogP contribution in [-0.2, 0) is 7.05 Å². The summed E-state index contributed by atoms with van der Waals surface area (Å²) in [5, 5.41) is 7.84. The first kappa shape index (κ1) is 7.65. The molecule has 1 saturated carbocycles. The second-order valence-corrected chi connectivity index (χ2v) is 3.59. The third kappa shape index (κ3) is 1.19. The fraction of sp³-hybridized carbons (Fsp3) is 0.667. The van der Waals surface area contributed by atoms with E-state index < -0.39 is 0 Å². The van der Waals surface area contributed by atoms with Crippen molar-refractivity contribution >= 4 is 5.69 Å². The van der Waals surface area contributed by atoms with Crippen molar-refractivity contribution in [3.63, 3.8) is 0 Å². The molecule has 0 amide bonds. The van der Waals surface area contributed by atoms with Gasteiger partial charge >= 0.3 is 0 Å². The Hall–Kier alpha value is -0.990. The van der Waals surface area contributed by atoms with Crippen LogP contribution >= 0.6 is 0 Å². The highest BCUT2D eigenvalue weighted by Gasteiger charge is 2.23. The number of nitrogens with zero attached hydrogens (tertiary/aromatic N) is 2. The lowest BCUT2D eigenvalue weighted by atomic mass is 10.3. The van der Waals surface area contributed by atoms with Crippen molar-refractivity contribution in [3.05, 3.63) is 11.4 Å². The third-order valence-corrected chi connectivity index (χ3v) is 2.43. The van der Waals surface area contributed by atoms with Crippen LogP contribution in [0.2, 0.25) is 0 Å². The first-order valence-electron chi connectivity index (χ1n) is 4.45. The highest BCUT2D eigenvalue weighted by atomic mass is 15.3. The van der Waals surface area contributed by atoms with E-state index in [-0.39, 0.29) is 0 Å². The summed E-state index contributed by atoms with van der Waals surface area (Å²) >= 11 is 0. The topological polar surface area (TPSA) is 29.9 Å². The summed E-state index contributed by atoms with van der Waals surface area (Å²) in [4.78, 5) is 0. The van der Waals surface area contributed by atoms with Crippen LogP contribution < -0.4 is 5.32 Å². The van der Waals surface area contributed by atoms with Crippen LogP contribution in [0.3, 0.4) is 0 Å². The van der Waals surface area contributed by atoms with E-state index in [0.717, 1.165) is 5.69 Å². The van der Waals surface area contributed by atoms with E-state index in [4.69, 9.17) is 0 Å². The molecule has 0 radical (unpaired) electrons. The Morgan fingerprint density at radius 2 is 2.08 bits per heavy atom. The summed E-state index contributed by atoms with van der Waals surface area (Å²) < 4.78 is 1.93. The lowest BCUT2D eigenvalue weighted by molar-refractivity contribution is 0.731. The molecule has 0 spiro atoms. The fourth-order valence-corrected chi connectivity index (χ4v) is 1.41. The molecule has 2 rings (SSSR count). The number of aryl methyl sites for hydroxylation is 2. The predicted molar refractivity (Wildman–Crippen MR) is 49.3 cm³/mol. The van der Waals surface area contributed by atoms with Crippen molar-refractivity contribution in [2.24, 2.45) is 7.05 Å². The number of nitrogens with one attached hydrogen (secondary N) is 1. The molecule has 0 aromatic carbocycles. The monoisotopic (exact) mass is 165 g/mol. The van der Waals surface area contributed by atoms with Crippen molar-refractivity contribution in [1.82, 2.24) is 9.78 Å². The molecule has 1 aliphatic carbocycles. The van der Waals surface area contributed by atoms with Crippen molar-refractivity contribution in [1.29, 1.82) is 0 Å². The molecule has 0 aliphatic heterocycles. The fourth-order valence-electron chi connectivity index (χ4n) is 1.41. The van der Waals surface area contributed by atoms with E-state index in [1.165, 1.54) is 24.2 Å². The Balaban J connectivity index is 2.26. The maximum atomic E-state index is 4.35. The van der Waals surface area contributed by atoms with Crippen molar-refractivity contribution in [2.75, 3.05) is 5.32 Å². The Kier molecular flexibility index (Phi) is 1.60. The third-order valence-electron chi connectivity index (χ3n) is 2.43. The highest BCUT2D eigenvalue weighted by molar-refractivity contribution is 5.53. The summed E-state index contributed by atoms with van der Waals surface area (Å²) in [5.74, 6) is 0. The zero-order valence-electron chi connectivity index (χ0n) is 7.89. The van der Waals surface area contributed by atoms with E-state index in [0.29, 0.717) is 6.04 Å². The summed E-state index contributed by atoms with van der Waals surface area (Å²) in [6.45, 7) is 4.16. The molecule has 0 saturated heterocycles. The second-order valence-electron chi connectivity index (χ2n) is 3.59. The van der Waals surface area contributed by atoms with Gasteiger partial charge in [0.25, 0.3) is 0 Å². The van der Waals surface area contributed by atoms with Crippen molar-refractivity contribution in [2.45, 2.75) is 32.7 Å². The number of aromatic nitrogens is 2. The average molecular weight is 165 g/mol. The minimum absolute atomic E-state index is 0.714. The Morgan fingerprint density at radius 3 is 2.50 bits per heavy atom. The summed E-state index contributed by atoms with van der Waals surface area (Å²) in [6, 6.07) is 0.714. The van der Waals surface area contributed by atoms with E-state index >= 15 is 0 Å². The van der Waals surface area contributed by atoms with Crippen molar-refractivity contribution < 1.29 is 0 Å². The van der Waals surface area contributed by atoms with Crippen LogP contribution in [0.5, 0.6) is 0 Å². The molecule has 12 heavy (non-hydrogen) atoms. The zero-order valence-corrected chi connectivity index (χ0v) is 7.89. The molecule has 3 nitrogen and oxygen atoms in total. The quantitative estimate of drug-likeness (QED) is 0.721. The number of hydrogen-bond acceptors (Lipinski definition) is 2. The minimum Gasteiger partial charge on any atom is -0.379 e. The maximum absolute atomic E-state index is 4.35. The Morgan fingerprint density at radius 1 is 1.42 bits per heavy atom. The molecule has 3 heteroatoms. The van der Waals surface area contributed by atoms with Crippen LogP contribution in [-0.4, -0.2) is 15.8 Å². The van der Waals surface area contributed by atoms with E-state index in [1.807, 2.05) is 11.7 Å². The minimum atomic E-state index is 0.714. The van der Waals surface area contributed by atoms with Gasteiger partial charge in [-0.1, -0.05) is 0 Å². The van der Waals surface area contributed by atoms with Gasteiger partial charge in [0.1, 0.15) is 0 Å². The van der Waals surface area contributed by atoms with Gasteiger partial charge in [0, 0.05) is 13.1 Å². The zero-order chi connectivity index (χ0) is 8.72. The van der Waals surface area contributed by atoms with Crippen LogP contribution in [0, 0.1) is 13.8 Å². The normalized spacial score (nSPS) is 16.6. The summed E-state index contributed by atoms with van der Waals surface area (Å²) in [7, 11) is 1.99. The molecule has 1 aromatic rings. The first-order chi connectivity index (χ1) is 5.68. The van der Waals surface area contributed by atoms with E-state index in [2.05, 4.69) is 24.3 Å². The molecule has 1 aliphatic rings. The Labute approximate surface area is 72.8 Å². The van der Waals surface area contributed by atoms with Gasteiger partial charge in [-0.25, -0.2) is 0 Å². The van der Waals surface area contributed by atoms with Crippen LogP contribution in [0.4, 0.5) is 5.69 Å². The molecular formula is C9H15N3. The SMILES string of the molecule is Cc1nn(C)c(C)c1NC1CC1. The van der Waals surface area contributed by atoms with Gasteiger partial charge < -0.3 is 5.32 Å². The van der Waals surface area contributed by atoms with Gasteiger partial charge in [-0.2, -0.15) is 5.10 Å². The molecule has 0 unspecified atom stereocenters. The molecular weight excluding hydrogens is 150 g/mol. The highest BCUT2D eigenvalue weighted by Crippen LogP contribution is 2.28. The van der Waals surface area contributed by atoms with Crippen LogP contribution in [0.15, 0.2) is 0 Å². The maximum Gasteiger partial charge on any atom is 0.0827 e. The Bertz CT molecular complexity index is 297. The number of hydrogen-bond donors (Lipinski definition) is 1. The van der Waals surface area contributed by atoms with E-state index in [1.54, 1.807) is 0 Å². The van der Waals surface area contributed by atoms with Gasteiger partial charge in [0.05, 0.1) is 17.1 Å². The number of rotatable bonds is 2. The average Bonchev–Trinajstić information content (AvgIpc) is 2.77. The molecule has 66 valence electrons. The first-order valence-corrected chi connectivity index (χ1v) is 4.45. The molecule has 0 bridgehead atoms. The second kappa shape index (κ2) is 2.51. The van der Waals surface area contributed by atoms with Gasteiger partial charge in [0.15, 0.2) is 0 Å². The largest absolute Gasteiger partial charge is 0.379 e. The van der Waals surface area contributed by atoms with Gasteiger partial charge in [-0.05, 0) is 26.7 Å². The molecule has 1 fully saturated rings. The molecule has 1 N–H and O–H groups in total. The summed E-state index contributed by atoms with van der Waals surface area (Å²) in [5.41, 5.74) is 3.58. The van der Waals surface area contributed by atoms with Gasteiger partial charge in [-0.15, -0.1) is 0 Å². The smallest absolute Gasteiger partial charge is 0.0827 e. The molecule has 1 aromatic heterocycles. The molecule has 0 atom stereocenters. The predicted octanol–water partition coefficient (Wildman–Crippen LogP) is 1.61. The standard InChI is InChI=1S/C9H15N3/c1-6-9(10-8-4-5-8)7(2)12(3)11-6/h8,10H,4-5H2,1-3H3. The van der Waals surface area contributed by atoms with E-state index in [9.17, 15) is 0 Å².